The van der Waals surface area contributed by atoms with E-state index in [4.69, 9.17) is 5.11 Å². The fourth-order valence-electron chi connectivity index (χ4n) is 2.67. The second-order valence-electron chi connectivity index (χ2n) is 5.26. The lowest BCUT2D eigenvalue weighted by Gasteiger charge is -2.37. The maximum absolute atomic E-state index is 12.6. The summed E-state index contributed by atoms with van der Waals surface area (Å²) in [5, 5.41) is 15.3. The molecule has 2 rings (SSSR count). The van der Waals surface area contributed by atoms with Crippen LogP contribution in [0.25, 0.3) is 0 Å². The molecule has 1 saturated heterocycles. The third kappa shape index (κ3) is 2.96. The van der Waals surface area contributed by atoms with Crippen molar-refractivity contribution in [3.8, 4) is 0 Å². The van der Waals surface area contributed by atoms with Crippen LogP contribution >= 0.6 is 0 Å². The van der Waals surface area contributed by atoms with Crippen LogP contribution in [0.15, 0.2) is 30.3 Å². The third-order valence-electron chi connectivity index (χ3n) is 3.87. The molecular formula is C15H22N2O2. The van der Waals surface area contributed by atoms with Gasteiger partial charge in [0.2, 0.25) is 5.91 Å². The van der Waals surface area contributed by atoms with Crippen molar-refractivity contribution in [2.75, 3.05) is 19.7 Å². The summed E-state index contributed by atoms with van der Waals surface area (Å²) < 4.78 is 0. The summed E-state index contributed by atoms with van der Waals surface area (Å²) >= 11 is 0. The Hall–Kier alpha value is -1.39. The lowest BCUT2D eigenvalue weighted by molar-refractivity contribution is -0.128. The van der Waals surface area contributed by atoms with Crippen LogP contribution in [0.4, 0.5) is 0 Å². The quantitative estimate of drug-likeness (QED) is 0.752. The molecule has 0 radical (unpaired) electrons. The highest BCUT2D eigenvalue weighted by Crippen LogP contribution is 2.33. The van der Waals surface area contributed by atoms with Gasteiger partial charge in [-0.25, -0.2) is 0 Å². The van der Waals surface area contributed by atoms with Crippen molar-refractivity contribution in [2.24, 2.45) is 0 Å². The molecule has 1 aliphatic rings. The lowest BCUT2D eigenvalue weighted by atomic mass is 9.72. The molecule has 0 aliphatic carbocycles. The van der Waals surface area contributed by atoms with Gasteiger partial charge in [-0.15, -0.1) is 0 Å². The van der Waals surface area contributed by atoms with Gasteiger partial charge in [0.25, 0.3) is 0 Å². The molecule has 0 bridgehead atoms. The molecule has 4 heteroatoms. The summed E-state index contributed by atoms with van der Waals surface area (Å²) in [6.07, 6.45) is 1.59. The first-order chi connectivity index (χ1) is 9.19. The number of hydrogen-bond donors (Lipinski definition) is 3. The zero-order valence-corrected chi connectivity index (χ0v) is 11.4. The predicted molar refractivity (Wildman–Crippen MR) is 74.9 cm³/mol. The Labute approximate surface area is 114 Å². The fraction of sp³-hybridized carbons (Fsp3) is 0.533. The number of piperidine rings is 1. The van der Waals surface area contributed by atoms with Crippen LogP contribution in [0, 0.1) is 0 Å². The molecule has 1 fully saturated rings. The Morgan fingerprint density at radius 3 is 2.58 bits per heavy atom. The van der Waals surface area contributed by atoms with Gasteiger partial charge in [0.05, 0.1) is 12.0 Å². The van der Waals surface area contributed by atoms with E-state index in [2.05, 4.69) is 10.6 Å². The van der Waals surface area contributed by atoms with E-state index in [0.29, 0.717) is 0 Å². The van der Waals surface area contributed by atoms with Crippen LogP contribution in [0.2, 0.25) is 0 Å². The largest absolute Gasteiger partial charge is 0.394 e. The zero-order valence-electron chi connectivity index (χ0n) is 11.4. The average Bonchev–Trinajstić information content (AvgIpc) is 2.48. The molecule has 19 heavy (non-hydrogen) atoms. The minimum absolute atomic E-state index is 0.0294. The molecular weight excluding hydrogens is 240 g/mol. The molecule has 1 atom stereocenters. The third-order valence-corrected chi connectivity index (χ3v) is 3.87. The van der Waals surface area contributed by atoms with Crippen LogP contribution in [-0.2, 0) is 10.2 Å². The first-order valence-electron chi connectivity index (χ1n) is 6.87. The molecule has 1 heterocycles. The first kappa shape index (κ1) is 14.0. The molecule has 0 aromatic heterocycles. The second-order valence-corrected chi connectivity index (χ2v) is 5.26. The molecule has 0 spiro atoms. The monoisotopic (exact) mass is 262 g/mol. The zero-order chi connectivity index (χ0) is 13.7. The van der Waals surface area contributed by atoms with Crippen LogP contribution in [-0.4, -0.2) is 36.8 Å². The van der Waals surface area contributed by atoms with Crippen LogP contribution in [0.3, 0.4) is 0 Å². The number of amides is 1. The van der Waals surface area contributed by atoms with Crippen molar-refractivity contribution in [2.45, 2.75) is 31.2 Å². The Kier molecular flexibility index (Phi) is 4.56. The lowest BCUT2D eigenvalue weighted by Crippen LogP contribution is -2.53. The number of nitrogens with one attached hydrogen (secondary N) is 2. The molecule has 104 valence electrons. The molecule has 1 aliphatic heterocycles. The number of carbonyl (C=O) groups excluding carboxylic acids is 1. The molecule has 3 N–H and O–H groups in total. The minimum atomic E-state index is -0.462. The number of benzene rings is 1. The Morgan fingerprint density at radius 2 is 2.00 bits per heavy atom. The number of hydrogen-bond acceptors (Lipinski definition) is 3. The van der Waals surface area contributed by atoms with Gasteiger partial charge in [0.1, 0.15) is 0 Å². The van der Waals surface area contributed by atoms with E-state index < -0.39 is 5.41 Å². The molecule has 1 aromatic carbocycles. The Morgan fingerprint density at radius 1 is 1.37 bits per heavy atom. The van der Waals surface area contributed by atoms with E-state index >= 15 is 0 Å². The number of aliphatic hydroxyl groups is 1. The smallest absolute Gasteiger partial charge is 0.231 e. The van der Waals surface area contributed by atoms with E-state index in [0.717, 1.165) is 31.5 Å². The van der Waals surface area contributed by atoms with Gasteiger partial charge in [0.15, 0.2) is 0 Å². The molecule has 0 saturated carbocycles. The highest BCUT2D eigenvalue weighted by molar-refractivity contribution is 5.88. The summed E-state index contributed by atoms with van der Waals surface area (Å²) in [5.74, 6) is 0.0294. The van der Waals surface area contributed by atoms with Gasteiger partial charge in [-0.2, -0.15) is 0 Å². The summed E-state index contributed by atoms with van der Waals surface area (Å²) in [5.41, 5.74) is 0.606. The molecule has 1 aromatic rings. The summed E-state index contributed by atoms with van der Waals surface area (Å²) in [6.45, 7) is 3.47. The van der Waals surface area contributed by atoms with Gasteiger partial charge in [-0.1, -0.05) is 30.3 Å². The van der Waals surface area contributed by atoms with Crippen molar-refractivity contribution < 1.29 is 9.90 Å². The van der Waals surface area contributed by atoms with Crippen molar-refractivity contribution in [1.29, 1.82) is 0 Å². The second kappa shape index (κ2) is 6.17. The van der Waals surface area contributed by atoms with Crippen molar-refractivity contribution in [1.82, 2.24) is 10.6 Å². The van der Waals surface area contributed by atoms with E-state index in [9.17, 15) is 4.79 Å². The Balaban J connectivity index is 2.27. The number of rotatable bonds is 4. The van der Waals surface area contributed by atoms with Crippen molar-refractivity contribution in [3.63, 3.8) is 0 Å². The van der Waals surface area contributed by atoms with E-state index in [-0.39, 0.29) is 18.6 Å². The molecule has 1 amide bonds. The minimum Gasteiger partial charge on any atom is -0.394 e. The van der Waals surface area contributed by atoms with Gasteiger partial charge >= 0.3 is 0 Å². The highest BCUT2D eigenvalue weighted by Gasteiger charge is 2.41. The van der Waals surface area contributed by atoms with Crippen molar-refractivity contribution >= 4 is 5.91 Å². The van der Waals surface area contributed by atoms with Crippen LogP contribution < -0.4 is 10.6 Å². The van der Waals surface area contributed by atoms with Crippen molar-refractivity contribution in [3.05, 3.63) is 35.9 Å². The van der Waals surface area contributed by atoms with Gasteiger partial charge in [-0.05, 0) is 38.4 Å². The van der Waals surface area contributed by atoms with Gasteiger partial charge < -0.3 is 15.7 Å². The van der Waals surface area contributed by atoms with Gasteiger partial charge in [-0.3, -0.25) is 4.79 Å². The number of aliphatic hydroxyl groups excluding tert-OH is 1. The Bertz CT molecular complexity index is 413. The average molecular weight is 262 g/mol. The van der Waals surface area contributed by atoms with Gasteiger partial charge in [0, 0.05) is 6.04 Å². The van der Waals surface area contributed by atoms with E-state index in [1.807, 2.05) is 37.3 Å². The summed E-state index contributed by atoms with van der Waals surface area (Å²) in [7, 11) is 0. The number of carbonyl (C=O) groups is 1. The predicted octanol–water partition coefficient (Wildman–Crippen LogP) is 0.805. The van der Waals surface area contributed by atoms with Crippen LogP contribution in [0.5, 0.6) is 0 Å². The maximum atomic E-state index is 12.6. The van der Waals surface area contributed by atoms with E-state index in [1.54, 1.807) is 0 Å². The topological polar surface area (TPSA) is 61.4 Å². The standard InChI is InChI=1S/C15H22N2O2/c1-12(11-18)17-14(19)15(7-9-16-10-8-15)13-5-3-2-4-6-13/h2-6,12,16,18H,7-11H2,1H3,(H,17,19). The highest BCUT2D eigenvalue weighted by atomic mass is 16.3. The molecule has 4 nitrogen and oxygen atoms in total. The summed E-state index contributed by atoms with van der Waals surface area (Å²) in [4.78, 5) is 12.6. The fourth-order valence-corrected chi connectivity index (χ4v) is 2.67. The summed E-state index contributed by atoms with van der Waals surface area (Å²) in [6, 6.07) is 9.75. The first-order valence-corrected chi connectivity index (χ1v) is 6.87. The normalized spacial score (nSPS) is 19.7. The van der Waals surface area contributed by atoms with Crippen LogP contribution in [0.1, 0.15) is 25.3 Å². The maximum Gasteiger partial charge on any atom is 0.231 e. The SMILES string of the molecule is CC(CO)NC(=O)C1(c2ccccc2)CCNCC1. The molecule has 1 unspecified atom stereocenters. The van der Waals surface area contributed by atoms with E-state index in [1.165, 1.54) is 0 Å².